The SMILES string of the molecule is Cc1noc(C2CCCN(C(=O)c3cccc(S(=O)(=O)N4CC(C)CC(C)C4)c3)C2)n1. The summed E-state index contributed by atoms with van der Waals surface area (Å²) < 4.78 is 33.3. The molecule has 0 radical (unpaired) electrons. The van der Waals surface area contributed by atoms with Gasteiger partial charge in [-0.05, 0) is 56.2 Å². The standard InChI is InChI=1S/C22H30N4O4S/c1-15-10-16(2)13-26(12-15)31(28,29)20-8-4-6-18(11-20)22(27)25-9-5-7-19(14-25)21-23-17(3)24-30-21/h4,6,8,11,15-16,19H,5,7,9-10,12-14H2,1-3H3. The Balaban J connectivity index is 1.53. The molecule has 168 valence electrons. The first-order valence-electron chi connectivity index (χ1n) is 10.9. The molecule has 2 aliphatic rings. The van der Waals surface area contributed by atoms with Gasteiger partial charge in [-0.2, -0.15) is 9.29 Å². The van der Waals surface area contributed by atoms with Crippen molar-refractivity contribution in [3.8, 4) is 0 Å². The summed E-state index contributed by atoms with van der Waals surface area (Å²) in [4.78, 5) is 19.4. The molecule has 0 saturated carbocycles. The number of carbonyl (C=O) groups is 1. The lowest BCUT2D eigenvalue weighted by Crippen LogP contribution is -2.42. The van der Waals surface area contributed by atoms with Crippen molar-refractivity contribution in [1.29, 1.82) is 0 Å². The van der Waals surface area contributed by atoms with Gasteiger partial charge in [0.2, 0.25) is 15.9 Å². The average Bonchev–Trinajstić information content (AvgIpc) is 3.19. The largest absolute Gasteiger partial charge is 0.339 e. The number of benzene rings is 1. The summed E-state index contributed by atoms with van der Waals surface area (Å²) >= 11 is 0. The molecule has 0 spiro atoms. The maximum absolute atomic E-state index is 13.2. The number of amides is 1. The quantitative estimate of drug-likeness (QED) is 0.716. The van der Waals surface area contributed by atoms with Crippen LogP contribution < -0.4 is 0 Å². The minimum Gasteiger partial charge on any atom is -0.339 e. The smallest absolute Gasteiger partial charge is 0.253 e. The number of nitrogens with zero attached hydrogens (tertiary/aromatic N) is 4. The van der Waals surface area contributed by atoms with Crippen LogP contribution in [0.4, 0.5) is 0 Å². The Labute approximate surface area is 183 Å². The summed E-state index contributed by atoms with van der Waals surface area (Å²) in [6.45, 7) is 8.07. The third-order valence-corrected chi connectivity index (χ3v) is 7.98. The minimum atomic E-state index is -3.64. The molecule has 1 amide bonds. The third kappa shape index (κ3) is 4.67. The van der Waals surface area contributed by atoms with Crippen LogP contribution in [0.25, 0.3) is 0 Å². The molecule has 1 aromatic carbocycles. The summed E-state index contributed by atoms with van der Waals surface area (Å²) in [5, 5.41) is 3.85. The van der Waals surface area contributed by atoms with Gasteiger partial charge in [-0.15, -0.1) is 0 Å². The van der Waals surface area contributed by atoms with Gasteiger partial charge in [0.25, 0.3) is 5.91 Å². The second-order valence-corrected chi connectivity index (χ2v) is 11.0. The van der Waals surface area contributed by atoms with Crippen LogP contribution in [-0.2, 0) is 10.0 Å². The van der Waals surface area contributed by atoms with Crippen LogP contribution in [0.15, 0.2) is 33.7 Å². The zero-order chi connectivity index (χ0) is 22.2. The van der Waals surface area contributed by atoms with E-state index in [0.717, 1.165) is 19.3 Å². The molecule has 0 bridgehead atoms. The van der Waals surface area contributed by atoms with E-state index >= 15 is 0 Å². The monoisotopic (exact) mass is 446 g/mol. The fourth-order valence-corrected chi connectivity index (χ4v) is 6.49. The number of hydrogen-bond acceptors (Lipinski definition) is 6. The number of aryl methyl sites for hydroxylation is 1. The van der Waals surface area contributed by atoms with Crippen LogP contribution in [0.2, 0.25) is 0 Å². The van der Waals surface area contributed by atoms with E-state index in [0.29, 0.717) is 55.3 Å². The second kappa shape index (κ2) is 8.70. The van der Waals surface area contributed by atoms with Crippen molar-refractivity contribution in [2.24, 2.45) is 11.8 Å². The lowest BCUT2D eigenvalue weighted by molar-refractivity contribution is 0.0695. The van der Waals surface area contributed by atoms with Crippen molar-refractivity contribution in [2.75, 3.05) is 26.2 Å². The number of carbonyl (C=O) groups excluding carboxylic acids is 1. The summed E-state index contributed by atoms with van der Waals surface area (Å²) in [6, 6.07) is 6.43. The fourth-order valence-electron chi connectivity index (χ4n) is 4.77. The van der Waals surface area contributed by atoms with Gasteiger partial charge in [0.05, 0.1) is 10.8 Å². The number of aromatic nitrogens is 2. The van der Waals surface area contributed by atoms with E-state index in [4.69, 9.17) is 4.52 Å². The molecular weight excluding hydrogens is 416 g/mol. The molecule has 1 aromatic heterocycles. The van der Waals surface area contributed by atoms with Gasteiger partial charge in [0.1, 0.15) is 0 Å². The van der Waals surface area contributed by atoms with E-state index in [9.17, 15) is 13.2 Å². The molecule has 9 heteroatoms. The molecule has 3 heterocycles. The number of piperidine rings is 2. The Morgan fingerprint density at radius 2 is 1.90 bits per heavy atom. The number of likely N-dealkylation sites (tertiary alicyclic amines) is 1. The van der Waals surface area contributed by atoms with E-state index in [1.54, 1.807) is 34.3 Å². The number of hydrogen-bond donors (Lipinski definition) is 0. The maximum atomic E-state index is 13.2. The highest BCUT2D eigenvalue weighted by molar-refractivity contribution is 7.89. The zero-order valence-electron chi connectivity index (χ0n) is 18.3. The third-order valence-electron chi connectivity index (χ3n) is 6.16. The topological polar surface area (TPSA) is 96.6 Å². The van der Waals surface area contributed by atoms with Gasteiger partial charge in [0, 0.05) is 31.7 Å². The average molecular weight is 447 g/mol. The van der Waals surface area contributed by atoms with E-state index in [-0.39, 0.29) is 16.7 Å². The Morgan fingerprint density at radius 1 is 1.16 bits per heavy atom. The number of sulfonamides is 1. The summed E-state index contributed by atoms with van der Waals surface area (Å²) in [5.41, 5.74) is 0.390. The van der Waals surface area contributed by atoms with Crippen LogP contribution in [0.3, 0.4) is 0 Å². The van der Waals surface area contributed by atoms with Gasteiger partial charge in [-0.1, -0.05) is 25.1 Å². The van der Waals surface area contributed by atoms with E-state index in [1.807, 2.05) is 0 Å². The van der Waals surface area contributed by atoms with Crippen LogP contribution >= 0.6 is 0 Å². The zero-order valence-corrected chi connectivity index (χ0v) is 19.1. The first-order valence-corrected chi connectivity index (χ1v) is 12.4. The summed E-state index contributed by atoms with van der Waals surface area (Å²) in [5.74, 6) is 1.61. The number of rotatable bonds is 4. The van der Waals surface area contributed by atoms with Gasteiger partial charge in [-0.25, -0.2) is 8.42 Å². The van der Waals surface area contributed by atoms with Gasteiger partial charge < -0.3 is 9.42 Å². The van der Waals surface area contributed by atoms with Crippen molar-refractivity contribution in [3.63, 3.8) is 0 Å². The molecule has 0 aliphatic carbocycles. The lowest BCUT2D eigenvalue weighted by atomic mass is 9.94. The Morgan fingerprint density at radius 3 is 2.58 bits per heavy atom. The molecule has 0 N–H and O–H groups in total. The molecule has 3 unspecified atom stereocenters. The Hall–Kier alpha value is -2.26. The van der Waals surface area contributed by atoms with E-state index in [2.05, 4.69) is 24.0 Å². The summed E-state index contributed by atoms with van der Waals surface area (Å²) in [7, 11) is -3.64. The van der Waals surface area contributed by atoms with Crippen molar-refractivity contribution >= 4 is 15.9 Å². The molecule has 3 atom stereocenters. The first-order chi connectivity index (χ1) is 14.7. The highest BCUT2D eigenvalue weighted by Crippen LogP contribution is 2.29. The normalized spacial score (nSPS) is 25.5. The second-order valence-electron chi connectivity index (χ2n) is 9.07. The van der Waals surface area contributed by atoms with Crippen LogP contribution in [0, 0.1) is 18.8 Å². The van der Waals surface area contributed by atoms with Crippen molar-refractivity contribution in [2.45, 2.75) is 50.8 Å². The fraction of sp³-hybridized carbons (Fsp3) is 0.591. The molecule has 4 rings (SSSR count). The van der Waals surface area contributed by atoms with Gasteiger partial charge in [-0.3, -0.25) is 4.79 Å². The van der Waals surface area contributed by atoms with Crippen molar-refractivity contribution in [1.82, 2.24) is 19.3 Å². The molecule has 2 saturated heterocycles. The summed E-state index contributed by atoms with van der Waals surface area (Å²) in [6.07, 6.45) is 2.74. The Bertz CT molecular complexity index is 1040. The Kier molecular flexibility index (Phi) is 6.16. The van der Waals surface area contributed by atoms with Crippen molar-refractivity contribution < 1.29 is 17.7 Å². The van der Waals surface area contributed by atoms with E-state index < -0.39 is 10.0 Å². The molecule has 2 aromatic rings. The first kappa shape index (κ1) is 22.0. The maximum Gasteiger partial charge on any atom is 0.253 e. The van der Waals surface area contributed by atoms with E-state index in [1.165, 1.54) is 6.07 Å². The molecule has 2 aliphatic heterocycles. The molecule has 2 fully saturated rings. The predicted octanol–water partition coefficient (Wildman–Crippen LogP) is 3.06. The van der Waals surface area contributed by atoms with Crippen LogP contribution in [0.1, 0.15) is 61.1 Å². The highest BCUT2D eigenvalue weighted by atomic mass is 32.2. The minimum absolute atomic E-state index is 0.00198. The van der Waals surface area contributed by atoms with Crippen LogP contribution in [0.5, 0.6) is 0 Å². The van der Waals surface area contributed by atoms with Crippen molar-refractivity contribution in [3.05, 3.63) is 41.5 Å². The molecule has 8 nitrogen and oxygen atoms in total. The van der Waals surface area contributed by atoms with Gasteiger partial charge >= 0.3 is 0 Å². The molecular formula is C22H30N4O4S. The lowest BCUT2D eigenvalue weighted by Gasteiger charge is -2.34. The predicted molar refractivity (Wildman–Crippen MR) is 115 cm³/mol. The van der Waals surface area contributed by atoms with Crippen LogP contribution in [-0.4, -0.2) is 59.8 Å². The molecule has 31 heavy (non-hydrogen) atoms. The van der Waals surface area contributed by atoms with Gasteiger partial charge in [0.15, 0.2) is 5.82 Å². The highest BCUT2D eigenvalue weighted by Gasteiger charge is 2.33.